The van der Waals surface area contributed by atoms with E-state index in [9.17, 15) is 0 Å². The van der Waals surface area contributed by atoms with Crippen molar-refractivity contribution in [1.29, 1.82) is 0 Å². The van der Waals surface area contributed by atoms with E-state index >= 15 is 0 Å². The summed E-state index contributed by atoms with van der Waals surface area (Å²) in [6.07, 6.45) is 6.92. The molecule has 37 heavy (non-hydrogen) atoms. The van der Waals surface area contributed by atoms with Gasteiger partial charge < -0.3 is 15.0 Å². The third kappa shape index (κ3) is 4.76. The Morgan fingerprint density at radius 2 is 1.73 bits per heavy atom. The summed E-state index contributed by atoms with van der Waals surface area (Å²) in [4.78, 5) is 8.87. The molecule has 0 amide bonds. The summed E-state index contributed by atoms with van der Waals surface area (Å²) in [6.45, 7) is 4.19. The lowest BCUT2D eigenvalue weighted by Gasteiger charge is -2.39. The van der Waals surface area contributed by atoms with Gasteiger partial charge in [0.05, 0.1) is 11.2 Å². The Labute approximate surface area is 224 Å². The Morgan fingerprint density at radius 3 is 2.30 bits per heavy atom. The van der Waals surface area contributed by atoms with E-state index in [1.807, 2.05) is 32.0 Å². The number of hydrogen-bond donors (Lipinski definition) is 1. The number of halogens is 1. The van der Waals surface area contributed by atoms with E-state index in [0.29, 0.717) is 24.2 Å². The Kier molecular flexibility index (Phi) is 6.82. The molecule has 0 radical (unpaired) electrons. The summed E-state index contributed by atoms with van der Waals surface area (Å²) in [5, 5.41) is 4.16. The van der Waals surface area contributed by atoms with E-state index in [4.69, 9.17) is 15.0 Å². The summed E-state index contributed by atoms with van der Waals surface area (Å²) in [5.41, 5.74) is 10.1. The van der Waals surface area contributed by atoms with Crippen LogP contribution in [0.25, 0.3) is 11.4 Å². The molecule has 2 aromatic carbocycles. The number of fused-ring (bicyclic) bond motifs is 2. The van der Waals surface area contributed by atoms with E-state index < -0.39 is 5.54 Å². The van der Waals surface area contributed by atoms with Crippen LogP contribution in [0.1, 0.15) is 62.2 Å². The molecule has 2 N–H and O–H groups in total. The molecule has 3 unspecified atom stereocenters. The molecule has 2 fully saturated rings. The lowest BCUT2D eigenvalue weighted by atomic mass is 9.64. The highest BCUT2D eigenvalue weighted by Crippen LogP contribution is 2.60. The molecule has 0 saturated heterocycles. The van der Waals surface area contributed by atoms with Crippen molar-refractivity contribution < 1.29 is 9.26 Å². The van der Waals surface area contributed by atoms with Gasteiger partial charge >= 0.3 is 0 Å². The third-order valence-corrected chi connectivity index (χ3v) is 7.97. The maximum Gasteiger partial charge on any atom is 0.246 e. The van der Waals surface area contributed by atoms with Crippen LogP contribution in [-0.4, -0.2) is 15.1 Å². The highest BCUT2D eigenvalue weighted by Gasteiger charge is 2.52. The number of pyridine rings is 1. The molecule has 192 valence electrons. The minimum Gasteiger partial charge on any atom is -0.487 e. The Morgan fingerprint density at radius 1 is 1.00 bits per heavy atom. The quantitative estimate of drug-likeness (QED) is 0.304. The second-order valence-corrected chi connectivity index (χ2v) is 10.9. The maximum absolute atomic E-state index is 6.12. The van der Waals surface area contributed by atoms with E-state index in [-0.39, 0.29) is 17.8 Å². The maximum atomic E-state index is 6.12. The monoisotopic (exact) mass is 516 g/mol. The van der Waals surface area contributed by atoms with Gasteiger partial charge in [-0.25, -0.2) is 0 Å². The first-order valence-electron chi connectivity index (χ1n) is 12.8. The van der Waals surface area contributed by atoms with Crippen LogP contribution in [0.3, 0.4) is 0 Å². The molecule has 2 aliphatic rings. The largest absolute Gasteiger partial charge is 0.487 e. The number of nitrogens with zero attached hydrogens (tertiary/aromatic N) is 3. The van der Waals surface area contributed by atoms with Crippen LogP contribution in [0.15, 0.2) is 77.4 Å². The lowest BCUT2D eigenvalue weighted by Crippen LogP contribution is -2.34. The fourth-order valence-electron chi connectivity index (χ4n) is 6.21. The minimum absolute atomic E-state index is 0. The molecule has 2 bridgehead atoms. The van der Waals surface area contributed by atoms with Crippen molar-refractivity contribution in [1.82, 2.24) is 15.1 Å². The zero-order chi connectivity index (χ0) is 24.8. The van der Waals surface area contributed by atoms with Gasteiger partial charge in [-0.15, -0.1) is 12.4 Å². The molecule has 2 heterocycles. The van der Waals surface area contributed by atoms with Crippen LogP contribution < -0.4 is 10.5 Å². The summed E-state index contributed by atoms with van der Waals surface area (Å²) in [5.74, 6) is 3.33. The molecule has 4 aromatic rings. The van der Waals surface area contributed by atoms with Crippen LogP contribution in [0.5, 0.6) is 5.75 Å². The van der Waals surface area contributed by atoms with Crippen LogP contribution in [0, 0.1) is 11.8 Å². The first-order valence-corrected chi connectivity index (χ1v) is 12.8. The number of nitrogens with two attached hydrogens (primary N) is 1. The van der Waals surface area contributed by atoms with Gasteiger partial charge in [0.15, 0.2) is 0 Å². The number of hydrogen-bond acceptors (Lipinski definition) is 6. The summed E-state index contributed by atoms with van der Waals surface area (Å²) >= 11 is 0. The van der Waals surface area contributed by atoms with Crippen LogP contribution in [-0.2, 0) is 17.6 Å². The zero-order valence-electron chi connectivity index (χ0n) is 21.3. The van der Waals surface area contributed by atoms with Crippen molar-refractivity contribution in [2.24, 2.45) is 17.6 Å². The topological polar surface area (TPSA) is 87.1 Å². The van der Waals surface area contributed by atoms with Crippen molar-refractivity contribution in [2.45, 2.75) is 57.1 Å². The van der Waals surface area contributed by atoms with Gasteiger partial charge in [-0.3, -0.25) is 4.98 Å². The zero-order valence-corrected chi connectivity index (χ0v) is 22.1. The third-order valence-electron chi connectivity index (χ3n) is 7.97. The minimum atomic E-state index is -0.661. The van der Waals surface area contributed by atoms with E-state index in [0.717, 1.165) is 22.9 Å². The van der Waals surface area contributed by atoms with Gasteiger partial charge in [0.25, 0.3) is 0 Å². The van der Waals surface area contributed by atoms with Crippen molar-refractivity contribution in [2.75, 3.05) is 0 Å². The van der Waals surface area contributed by atoms with E-state index in [1.165, 1.54) is 36.8 Å². The van der Waals surface area contributed by atoms with Crippen LogP contribution in [0.2, 0.25) is 0 Å². The van der Waals surface area contributed by atoms with Crippen molar-refractivity contribution in [3.05, 3.63) is 95.6 Å². The highest BCUT2D eigenvalue weighted by atomic mass is 35.5. The highest BCUT2D eigenvalue weighted by molar-refractivity contribution is 5.85. The van der Waals surface area contributed by atoms with Crippen molar-refractivity contribution >= 4 is 12.4 Å². The molecule has 2 aromatic heterocycles. The number of aromatic nitrogens is 3. The second-order valence-electron chi connectivity index (χ2n) is 10.9. The number of ether oxygens (including phenoxy) is 1. The van der Waals surface area contributed by atoms with Crippen molar-refractivity contribution in [3.8, 4) is 17.1 Å². The SMILES string of the molecule is CC(C)(N)c1nc(-c2ccc(C3(c4ccc(OCc5ccccn5)cc4)CC4CCC3C4)cc2)no1.Cl. The molecule has 3 atom stereocenters. The molecule has 7 heteroatoms. The van der Waals surface area contributed by atoms with Gasteiger partial charge in [-0.2, -0.15) is 4.98 Å². The summed E-state index contributed by atoms with van der Waals surface area (Å²) in [6, 6.07) is 23.4. The summed E-state index contributed by atoms with van der Waals surface area (Å²) in [7, 11) is 0. The molecule has 2 saturated carbocycles. The van der Waals surface area contributed by atoms with Crippen molar-refractivity contribution in [3.63, 3.8) is 0 Å². The first kappa shape index (κ1) is 25.4. The molecule has 6 rings (SSSR count). The predicted molar refractivity (Wildman–Crippen MR) is 145 cm³/mol. The lowest BCUT2D eigenvalue weighted by molar-refractivity contribution is 0.299. The van der Waals surface area contributed by atoms with Gasteiger partial charge in [-0.05, 0) is 80.3 Å². The smallest absolute Gasteiger partial charge is 0.246 e. The predicted octanol–water partition coefficient (Wildman–Crippen LogP) is 6.43. The molecule has 0 spiro atoms. The normalized spacial score (nSPS) is 22.6. The second kappa shape index (κ2) is 9.92. The Bertz CT molecular complexity index is 1330. The Hall–Kier alpha value is -3.22. The van der Waals surface area contributed by atoms with Gasteiger partial charge in [-0.1, -0.05) is 54.0 Å². The van der Waals surface area contributed by atoms with E-state index in [1.54, 1.807) is 6.20 Å². The Balaban J connectivity index is 0.00000280. The van der Waals surface area contributed by atoms with Gasteiger partial charge in [0.2, 0.25) is 11.7 Å². The number of rotatable bonds is 7. The average molecular weight is 517 g/mol. The van der Waals surface area contributed by atoms with Crippen LogP contribution in [0.4, 0.5) is 0 Å². The molecular weight excluding hydrogens is 484 g/mol. The fourth-order valence-corrected chi connectivity index (χ4v) is 6.21. The van der Waals surface area contributed by atoms with E-state index in [2.05, 4.69) is 63.7 Å². The summed E-state index contributed by atoms with van der Waals surface area (Å²) < 4.78 is 11.4. The molecular formula is C30H33ClN4O2. The first-order chi connectivity index (χ1) is 17.4. The average Bonchev–Trinajstić information content (AvgIpc) is 3.65. The van der Waals surface area contributed by atoms with Gasteiger partial charge in [0.1, 0.15) is 12.4 Å². The van der Waals surface area contributed by atoms with Crippen LogP contribution >= 0.6 is 12.4 Å². The number of benzene rings is 2. The molecule has 6 nitrogen and oxygen atoms in total. The molecule has 0 aliphatic heterocycles. The fraction of sp³-hybridized carbons (Fsp3) is 0.367. The standard InChI is InChI=1S/C30H32N4O2.ClH/c1-29(2,31)28-33-27(34-36-28)21-7-10-22(11-8-21)30(18-20-6-9-24(30)17-20)23-12-14-26(15-13-23)35-19-25-5-3-4-16-32-25;/h3-5,7-8,10-16,20,24H,6,9,17-19,31H2,1-2H3;1H. The molecule has 2 aliphatic carbocycles. The van der Waals surface area contributed by atoms with Gasteiger partial charge in [0, 0.05) is 17.2 Å².